The van der Waals surface area contributed by atoms with Gasteiger partial charge in [0.25, 0.3) is 0 Å². The monoisotopic (exact) mass is 315 g/mol. The number of primary amides is 1. The normalized spacial score (nSPS) is 18.1. The summed E-state index contributed by atoms with van der Waals surface area (Å²) in [6, 6.07) is 7.35. The van der Waals surface area contributed by atoms with Crippen LogP contribution in [0.2, 0.25) is 0 Å². The summed E-state index contributed by atoms with van der Waals surface area (Å²) < 4.78 is 5.80. The van der Waals surface area contributed by atoms with E-state index >= 15 is 0 Å². The number of carbonyl (C=O) groups is 2. The smallest absolute Gasteiger partial charge is 0.314 e. The van der Waals surface area contributed by atoms with Crippen LogP contribution in [0.15, 0.2) is 28.7 Å². The van der Waals surface area contributed by atoms with Gasteiger partial charge in [-0.3, -0.25) is 4.79 Å². The number of piperidine rings is 1. The van der Waals surface area contributed by atoms with E-state index in [0.717, 1.165) is 35.1 Å². The van der Waals surface area contributed by atoms with E-state index in [-0.39, 0.29) is 11.8 Å². The Morgan fingerprint density at radius 2 is 2.17 bits per heavy atom. The molecule has 3 rings (SSSR count). The Morgan fingerprint density at radius 3 is 2.91 bits per heavy atom. The molecule has 3 N–H and O–H groups in total. The van der Waals surface area contributed by atoms with Crippen molar-refractivity contribution in [1.82, 2.24) is 10.2 Å². The fraction of sp³-hybridized carbons (Fsp3) is 0.412. The van der Waals surface area contributed by atoms with Gasteiger partial charge in [0.1, 0.15) is 11.3 Å². The van der Waals surface area contributed by atoms with Crippen molar-refractivity contribution in [2.75, 3.05) is 13.1 Å². The van der Waals surface area contributed by atoms with Gasteiger partial charge in [-0.2, -0.15) is 0 Å². The topological polar surface area (TPSA) is 88.6 Å². The summed E-state index contributed by atoms with van der Waals surface area (Å²) in [7, 11) is 0. The van der Waals surface area contributed by atoms with E-state index in [0.29, 0.717) is 19.6 Å². The van der Waals surface area contributed by atoms with Gasteiger partial charge in [0, 0.05) is 24.0 Å². The molecule has 1 aromatic heterocycles. The van der Waals surface area contributed by atoms with Crippen molar-refractivity contribution in [3.63, 3.8) is 0 Å². The van der Waals surface area contributed by atoms with Crippen LogP contribution < -0.4 is 11.1 Å². The van der Waals surface area contributed by atoms with Gasteiger partial charge < -0.3 is 20.4 Å². The lowest BCUT2D eigenvalue weighted by Crippen LogP contribution is -2.47. The quantitative estimate of drug-likeness (QED) is 0.909. The molecule has 0 unspecified atom stereocenters. The lowest BCUT2D eigenvalue weighted by atomic mass is 9.97. The number of para-hydroxylation sites is 1. The number of nitrogens with zero attached hydrogens (tertiary/aromatic N) is 1. The molecule has 1 atom stereocenters. The Morgan fingerprint density at radius 1 is 1.39 bits per heavy atom. The number of furan rings is 1. The molecule has 1 aliphatic rings. The molecule has 2 aromatic rings. The zero-order valence-electron chi connectivity index (χ0n) is 13.2. The van der Waals surface area contributed by atoms with Gasteiger partial charge in [0.15, 0.2) is 0 Å². The first-order valence-corrected chi connectivity index (χ1v) is 7.85. The minimum Gasteiger partial charge on any atom is -0.459 e. The largest absolute Gasteiger partial charge is 0.459 e. The zero-order valence-corrected chi connectivity index (χ0v) is 13.2. The number of nitrogens with two attached hydrogens (primary N) is 1. The standard InChI is InChI=1S/C17H21N3O3/c1-11-13-6-2-3-7-14(13)23-15(11)9-19-16(21)12-5-4-8-20(10-12)17(18)22/h2-3,6-7,12H,4-5,8-10H2,1H3,(H2,18,22)(H,19,21)/t12-/m1/s1. The van der Waals surface area contributed by atoms with Crippen LogP contribution in [0.25, 0.3) is 11.0 Å². The predicted octanol–water partition coefficient (Wildman–Crippen LogP) is 2.15. The molecule has 122 valence electrons. The van der Waals surface area contributed by atoms with Crippen LogP contribution >= 0.6 is 0 Å². The molecule has 0 saturated carbocycles. The Balaban J connectivity index is 1.64. The molecular formula is C17H21N3O3. The van der Waals surface area contributed by atoms with E-state index in [9.17, 15) is 9.59 Å². The number of urea groups is 1. The molecule has 6 heteroatoms. The van der Waals surface area contributed by atoms with Crippen LogP contribution in [0.3, 0.4) is 0 Å². The number of nitrogens with one attached hydrogen (secondary N) is 1. The van der Waals surface area contributed by atoms with Crippen molar-refractivity contribution < 1.29 is 14.0 Å². The zero-order chi connectivity index (χ0) is 16.4. The second-order valence-electron chi connectivity index (χ2n) is 5.99. The summed E-state index contributed by atoms with van der Waals surface area (Å²) in [4.78, 5) is 25.1. The van der Waals surface area contributed by atoms with Crippen molar-refractivity contribution in [3.8, 4) is 0 Å². The van der Waals surface area contributed by atoms with Crippen molar-refractivity contribution in [2.24, 2.45) is 11.7 Å². The lowest BCUT2D eigenvalue weighted by molar-refractivity contribution is -0.126. The number of fused-ring (bicyclic) bond motifs is 1. The number of carbonyl (C=O) groups excluding carboxylic acids is 2. The van der Waals surface area contributed by atoms with Crippen LogP contribution in [0.4, 0.5) is 4.79 Å². The third-order valence-electron chi connectivity index (χ3n) is 4.47. The number of hydrogen-bond donors (Lipinski definition) is 2. The van der Waals surface area contributed by atoms with Crippen LogP contribution in [0.1, 0.15) is 24.2 Å². The third-order valence-corrected chi connectivity index (χ3v) is 4.47. The minimum atomic E-state index is -0.462. The number of amides is 3. The summed E-state index contributed by atoms with van der Waals surface area (Å²) >= 11 is 0. The first-order valence-electron chi connectivity index (χ1n) is 7.85. The molecule has 2 heterocycles. The van der Waals surface area contributed by atoms with Crippen molar-refractivity contribution in [1.29, 1.82) is 0 Å². The molecule has 0 radical (unpaired) electrons. The van der Waals surface area contributed by atoms with E-state index in [4.69, 9.17) is 10.2 Å². The lowest BCUT2D eigenvalue weighted by Gasteiger charge is -2.30. The van der Waals surface area contributed by atoms with Crippen LogP contribution in [-0.2, 0) is 11.3 Å². The summed E-state index contributed by atoms with van der Waals surface area (Å²) in [6.45, 7) is 3.36. The van der Waals surface area contributed by atoms with Crippen LogP contribution in [0.5, 0.6) is 0 Å². The molecule has 1 saturated heterocycles. The maximum atomic E-state index is 12.3. The summed E-state index contributed by atoms with van der Waals surface area (Å²) in [6.07, 6.45) is 1.57. The van der Waals surface area contributed by atoms with Crippen LogP contribution in [0, 0.1) is 12.8 Å². The van der Waals surface area contributed by atoms with Gasteiger partial charge in [-0.15, -0.1) is 0 Å². The average molecular weight is 315 g/mol. The van der Waals surface area contributed by atoms with Gasteiger partial charge in [0.05, 0.1) is 12.5 Å². The molecule has 6 nitrogen and oxygen atoms in total. The Hall–Kier alpha value is -2.50. The summed E-state index contributed by atoms with van der Waals surface area (Å²) in [5.74, 6) is 0.499. The van der Waals surface area contributed by atoms with Gasteiger partial charge >= 0.3 is 6.03 Å². The fourth-order valence-electron chi connectivity index (χ4n) is 3.10. The molecule has 0 aliphatic carbocycles. The number of rotatable bonds is 3. The molecule has 23 heavy (non-hydrogen) atoms. The number of aryl methyl sites for hydroxylation is 1. The molecule has 0 spiro atoms. The summed E-state index contributed by atoms with van der Waals surface area (Å²) in [5, 5.41) is 3.98. The molecule has 1 fully saturated rings. The van der Waals surface area contributed by atoms with Crippen LogP contribution in [-0.4, -0.2) is 29.9 Å². The predicted molar refractivity (Wildman–Crippen MR) is 86.7 cm³/mol. The second-order valence-corrected chi connectivity index (χ2v) is 5.99. The number of hydrogen-bond acceptors (Lipinski definition) is 3. The highest BCUT2D eigenvalue weighted by molar-refractivity contribution is 5.83. The van der Waals surface area contributed by atoms with Gasteiger partial charge in [0.2, 0.25) is 5.91 Å². The summed E-state index contributed by atoms with van der Waals surface area (Å²) in [5.41, 5.74) is 7.17. The van der Waals surface area contributed by atoms with Crippen molar-refractivity contribution in [3.05, 3.63) is 35.6 Å². The maximum Gasteiger partial charge on any atom is 0.314 e. The number of benzene rings is 1. The van der Waals surface area contributed by atoms with E-state index in [1.54, 1.807) is 0 Å². The minimum absolute atomic E-state index is 0.0594. The van der Waals surface area contributed by atoms with Gasteiger partial charge in [-0.1, -0.05) is 18.2 Å². The van der Waals surface area contributed by atoms with Gasteiger partial charge in [-0.05, 0) is 25.8 Å². The molecule has 1 aliphatic heterocycles. The SMILES string of the molecule is Cc1c(CNC(=O)[C@@H]2CCCN(C(N)=O)C2)oc2ccccc12. The fourth-order valence-corrected chi connectivity index (χ4v) is 3.10. The Kier molecular flexibility index (Phi) is 4.23. The molecular weight excluding hydrogens is 294 g/mol. The first kappa shape index (κ1) is 15.4. The first-order chi connectivity index (χ1) is 11.1. The van der Waals surface area contributed by atoms with E-state index in [1.807, 2.05) is 31.2 Å². The number of likely N-dealkylation sites (tertiary alicyclic amines) is 1. The highest BCUT2D eigenvalue weighted by atomic mass is 16.3. The molecule has 1 aromatic carbocycles. The molecule has 0 bridgehead atoms. The second kappa shape index (κ2) is 6.32. The molecule has 3 amide bonds. The highest BCUT2D eigenvalue weighted by Crippen LogP contribution is 2.25. The maximum absolute atomic E-state index is 12.3. The van der Waals surface area contributed by atoms with Gasteiger partial charge in [-0.25, -0.2) is 4.79 Å². The van der Waals surface area contributed by atoms with E-state index in [2.05, 4.69) is 5.32 Å². The Bertz CT molecular complexity index is 738. The van der Waals surface area contributed by atoms with Crippen molar-refractivity contribution in [2.45, 2.75) is 26.3 Å². The Labute approximate surface area is 134 Å². The van der Waals surface area contributed by atoms with E-state index in [1.165, 1.54) is 4.90 Å². The average Bonchev–Trinajstić information content (AvgIpc) is 2.89. The van der Waals surface area contributed by atoms with E-state index < -0.39 is 6.03 Å². The van der Waals surface area contributed by atoms with Crippen molar-refractivity contribution >= 4 is 22.9 Å². The highest BCUT2D eigenvalue weighted by Gasteiger charge is 2.27. The third kappa shape index (κ3) is 3.16.